The fourth-order valence-electron chi connectivity index (χ4n) is 6.65. The number of nitrogens with zero attached hydrogens (tertiary/aromatic N) is 2. The Morgan fingerprint density at radius 3 is 1.70 bits per heavy atom. The zero-order valence-corrected chi connectivity index (χ0v) is 21.3. The molecule has 3 aromatic heterocycles. The first-order valence-electron chi connectivity index (χ1n) is 12.6. The third kappa shape index (κ3) is 2.40. The minimum Gasteiger partial charge on any atom is -0.307 e. The summed E-state index contributed by atoms with van der Waals surface area (Å²) in [5.74, 6) is 0. The lowest BCUT2D eigenvalue weighted by atomic mass is 10.0. The van der Waals surface area contributed by atoms with E-state index in [0.29, 0.717) is 0 Å². The molecule has 0 N–H and O–H groups in total. The van der Waals surface area contributed by atoms with E-state index in [1.165, 1.54) is 76.2 Å². The molecular formula is C34H19BrN2. The van der Waals surface area contributed by atoms with Gasteiger partial charge in [0.15, 0.2) is 0 Å². The molecule has 0 amide bonds. The molecule has 0 aliphatic heterocycles. The van der Waals surface area contributed by atoms with Gasteiger partial charge in [0.25, 0.3) is 0 Å². The van der Waals surface area contributed by atoms with Crippen LogP contribution in [0.5, 0.6) is 0 Å². The van der Waals surface area contributed by atoms with E-state index < -0.39 is 0 Å². The van der Waals surface area contributed by atoms with Crippen LogP contribution < -0.4 is 0 Å². The fourth-order valence-corrected chi connectivity index (χ4v) is 7.01. The summed E-state index contributed by atoms with van der Waals surface area (Å²) in [4.78, 5) is 0. The number of fused-ring (bicyclic) bond motifs is 12. The second kappa shape index (κ2) is 6.90. The van der Waals surface area contributed by atoms with Gasteiger partial charge >= 0.3 is 0 Å². The van der Waals surface area contributed by atoms with Crippen LogP contribution >= 0.6 is 15.9 Å². The zero-order chi connectivity index (χ0) is 24.2. The first-order valence-corrected chi connectivity index (χ1v) is 13.4. The molecule has 0 saturated carbocycles. The van der Waals surface area contributed by atoms with Crippen molar-refractivity contribution < 1.29 is 0 Å². The van der Waals surface area contributed by atoms with Gasteiger partial charge in [-0.25, -0.2) is 0 Å². The van der Waals surface area contributed by atoms with Crippen molar-refractivity contribution in [1.82, 2.24) is 8.80 Å². The summed E-state index contributed by atoms with van der Waals surface area (Å²) < 4.78 is 6.09. The van der Waals surface area contributed by atoms with E-state index in [2.05, 4.69) is 140 Å². The topological polar surface area (TPSA) is 8.82 Å². The molecule has 37 heavy (non-hydrogen) atoms. The van der Waals surface area contributed by atoms with E-state index in [0.717, 1.165) is 4.47 Å². The Labute approximate surface area is 220 Å². The van der Waals surface area contributed by atoms with Crippen molar-refractivity contribution in [3.63, 3.8) is 0 Å². The maximum atomic E-state index is 3.77. The van der Waals surface area contributed by atoms with Gasteiger partial charge in [-0.15, -0.1) is 0 Å². The lowest BCUT2D eigenvalue weighted by molar-refractivity contribution is 1.30. The summed E-state index contributed by atoms with van der Waals surface area (Å²) in [6.45, 7) is 0. The van der Waals surface area contributed by atoms with Crippen LogP contribution in [0.2, 0.25) is 0 Å². The molecule has 3 heterocycles. The largest absolute Gasteiger partial charge is 0.307 e. The van der Waals surface area contributed by atoms with Crippen molar-refractivity contribution in [2.75, 3.05) is 0 Å². The number of halogens is 1. The van der Waals surface area contributed by atoms with Crippen LogP contribution in [0.4, 0.5) is 0 Å². The minimum absolute atomic E-state index is 1.09. The molecule has 0 atom stereocenters. The fraction of sp³-hybridized carbons (Fsp3) is 0. The standard InChI is InChI=1S/C34H19BrN2/c35-21-16-17-30-27(19-21)32-22-9-2-1-8-20(22)18-31-34(32)36(30)28-14-5-3-10-23(28)25-12-7-13-26-24-11-4-6-15-29(24)37(31)33(25)26/h1-19H. The Bertz CT molecular complexity index is 2420. The summed E-state index contributed by atoms with van der Waals surface area (Å²) in [7, 11) is 0. The van der Waals surface area contributed by atoms with Crippen molar-refractivity contribution in [2.24, 2.45) is 0 Å². The van der Waals surface area contributed by atoms with Gasteiger partial charge in [-0.1, -0.05) is 94.8 Å². The molecule has 9 aromatic rings. The molecule has 9 rings (SSSR count). The Morgan fingerprint density at radius 2 is 0.973 bits per heavy atom. The third-order valence-electron chi connectivity index (χ3n) is 8.07. The highest BCUT2D eigenvalue weighted by molar-refractivity contribution is 9.10. The van der Waals surface area contributed by atoms with E-state index in [4.69, 9.17) is 0 Å². The first kappa shape index (κ1) is 19.8. The number of para-hydroxylation sites is 3. The van der Waals surface area contributed by atoms with Crippen molar-refractivity contribution >= 4 is 92.1 Å². The molecule has 0 unspecified atom stereocenters. The highest BCUT2D eigenvalue weighted by Crippen LogP contribution is 2.43. The Morgan fingerprint density at radius 1 is 0.405 bits per heavy atom. The van der Waals surface area contributed by atoms with Gasteiger partial charge < -0.3 is 8.80 Å². The molecule has 0 fully saturated rings. The predicted octanol–water partition coefficient (Wildman–Crippen LogP) is 9.87. The lowest BCUT2D eigenvalue weighted by Gasteiger charge is -2.12. The van der Waals surface area contributed by atoms with Crippen LogP contribution in [0.25, 0.3) is 76.2 Å². The number of rotatable bonds is 0. The smallest absolute Gasteiger partial charge is 0.0789 e. The van der Waals surface area contributed by atoms with Crippen LogP contribution in [-0.4, -0.2) is 8.80 Å². The molecule has 0 bridgehead atoms. The van der Waals surface area contributed by atoms with Crippen LogP contribution in [0.15, 0.2) is 120 Å². The summed E-state index contributed by atoms with van der Waals surface area (Å²) in [5.41, 5.74) is 7.40. The molecule has 0 saturated heterocycles. The van der Waals surface area contributed by atoms with Gasteiger partial charge in [-0.05, 0) is 47.2 Å². The Hall–Kier alpha value is -4.34. The normalized spacial score (nSPS) is 12.5. The van der Waals surface area contributed by atoms with Gasteiger partial charge in [0.2, 0.25) is 0 Å². The van der Waals surface area contributed by atoms with Crippen LogP contribution in [0.1, 0.15) is 0 Å². The first-order chi connectivity index (χ1) is 18.3. The molecule has 0 aliphatic carbocycles. The predicted molar refractivity (Wildman–Crippen MR) is 161 cm³/mol. The quantitative estimate of drug-likeness (QED) is 0.183. The monoisotopic (exact) mass is 534 g/mol. The van der Waals surface area contributed by atoms with Crippen molar-refractivity contribution in [3.05, 3.63) is 120 Å². The zero-order valence-electron chi connectivity index (χ0n) is 19.7. The Kier molecular flexibility index (Phi) is 3.69. The number of hydrogen-bond acceptors (Lipinski definition) is 0. The SMILES string of the molecule is Brc1ccc2c(c1)c1c3ccccc3cc3c1n2c1ccccc1c1cccc2c4ccccc4n3c21. The molecular weight excluding hydrogens is 516 g/mol. The van der Waals surface area contributed by atoms with Crippen molar-refractivity contribution in [2.45, 2.75) is 0 Å². The number of benzene rings is 6. The van der Waals surface area contributed by atoms with Crippen molar-refractivity contribution in [1.29, 1.82) is 0 Å². The van der Waals surface area contributed by atoms with Gasteiger partial charge in [-0.3, -0.25) is 0 Å². The van der Waals surface area contributed by atoms with Gasteiger partial charge in [0, 0.05) is 36.8 Å². The maximum Gasteiger partial charge on any atom is 0.0789 e. The van der Waals surface area contributed by atoms with Gasteiger partial charge in [0.05, 0.1) is 33.1 Å². The average molecular weight is 535 g/mol. The number of aromatic nitrogens is 2. The molecule has 0 aliphatic rings. The highest BCUT2D eigenvalue weighted by atomic mass is 79.9. The highest BCUT2D eigenvalue weighted by Gasteiger charge is 2.20. The molecule has 6 aromatic carbocycles. The van der Waals surface area contributed by atoms with Gasteiger partial charge in [0.1, 0.15) is 0 Å². The summed E-state index contributed by atoms with van der Waals surface area (Å²) in [6.07, 6.45) is 0. The molecule has 0 radical (unpaired) electrons. The summed E-state index contributed by atoms with van der Waals surface area (Å²) in [5, 5.41) is 10.2. The summed E-state index contributed by atoms with van der Waals surface area (Å²) >= 11 is 3.77. The van der Waals surface area contributed by atoms with Crippen LogP contribution in [0.3, 0.4) is 0 Å². The second-order valence-electron chi connectivity index (χ2n) is 9.91. The maximum absolute atomic E-state index is 3.77. The minimum atomic E-state index is 1.09. The van der Waals surface area contributed by atoms with E-state index in [1.807, 2.05) is 0 Å². The van der Waals surface area contributed by atoms with E-state index in [-0.39, 0.29) is 0 Å². The van der Waals surface area contributed by atoms with E-state index >= 15 is 0 Å². The van der Waals surface area contributed by atoms with Gasteiger partial charge in [-0.2, -0.15) is 0 Å². The van der Waals surface area contributed by atoms with Crippen LogP contribution in [0, 0.1) is 0 Å². The summed E-state index contributed by atoms with van der Waals surface area (Å²) in [6, 6.07) is 42.3. The van der Waals surface area contributed by atoms with Crippen LogP contribution in [-0.2, 0) is 0 Å². The second-order valence-corrected chi connectivity index (χ2v) is 10.8. The molecule has 172 valence electrons. The number of hydrogen-bond donors (Lipinski definition) is 0. The van der Waals surface area contributed by atoms with Crippen molar-refractivity contribution in [3.8, 4) is 0 Å². The molecule has 0 spiro atoms. The molecule has 3 heteroatoms. The molecule has 2 nitrogen and oxygen atoms in total. The van der Waals surface area contributed by atoms with E-state index in [9.17, 15) is 0 Å². The van der Waals surface area contributed by atoms with E-state index in [1.54, 1.807) is 0 Å². The Balaban J connectivity index is 1.83. The lowest BCUT2D eigenvalue weighted by Crippen LogP contribution is -1.94. The third-order valence-corrected chi connectivity index (χ3v) is 8.56. The average Bonchev–Trinajstić information content (AvgIpc) is 3.45.